The number of benzene rings is 1. The number of allylic oxidation sites excluding steroid dienone is 1. The SMILES string of the molecule is COc1ccc(C2(OCCN3CCCC3)CC[C@H]3[C@@H]4CC=C5CC(OCCOCCN6CCCC6)CC[C@]5(C)[C@@H]4CC[C@@]32C)cc1. The second kappa shape index (κ2) is 14.2. The zero-order chi connectivity index (χ0) is 31.6. The van der Waals surface area contributed by atoms with Crippen molar-refractivity contribution in [1.82, 2.24) is 9.80 Å². The molecule has 6 aliphatic rings. The maximum absolute atomic E-state index is 7.27. The van der Waals surface area contributed by atoms with Gasteiger partial charge in [-0.3, -0.25) is 0 Å². The molecule has 0 amide bonds. The van der Waals surface area contributed by atoms with Crippen molar-refractivity contribution in [3.8, 4) is 5.75 Å². The van der Waals surface area contributed by atoms with Gasteiger partial charge in [0.15, 0.2) is 0 Å². The number of rotatable bonds is 13. The predicted octanol–water partition coefficient (Wildman–Crippen LogP) is 7.46. The summed E-state index contributed by atoms with van der Waals surface area (Å²) in [5, 5.41) is 0. The van der Waals surface area contributed by atoms with Gasteiger partial charge in [0.1, 0.15) is 5.75 Å². The van der Waals surface area contributed by atoms with Gasteiger partial charge in [-0.15, -0.1) is 0 Å². The lowest BCUT2D eigenvalue weighted by Crippen LogP contribution is -2.54. The molecule has 0 bridgehead atoms. The number of hydrogen-bond acceptors (Lipinski definition) is 6. The standard InChI is InChI=1S/C40H62N2O4/c1-38-17-14-34(45-29-28-44-26-24-41-20-4-5-21-41)30-32(38)10-13-35-36(38)15-18-39(2)37(35)16-19-40(39,31-8-11-33(43-3)12-9-31)46-27-25-42-22-6-7-23-42/h8-12,34-37H,4-7,13-30H2,1-3H3/t34?,35-,36-,37+,38+,39+,40?/m1/s1. The summed E-state index contributed by atoms with van der Waals surface area (Å²) in [7, 11) is 1.77. The first-order valence-electron chi connectivity index (χ1n) is 19.1. The molecule has 7 atom stereocenters. The number of likely N-dealkylation sites (tertiary alicyclic amines) is 2. The van der Waals surface area contributed by atoms with Gasteiger partial charge in [-0.25, -0.2) is 0 Å². The van der Waals surface area contributed by atoms with Crippen LogP contribution in [0.1, 0.15) is 96.5 Å². The quantitative estimate of drug-likeness (QED) is 0.166. The smallest absolute Gasteiger partial charge is 0.118 e. The molecule has 2 unspecified atom stereocenters. The third kappa shape index (κ3) is 6.24. The Bertz CT molecular complexity index is 1180. The summed E-state index contributed by atoms with van der Waals surface area (Å²) >= 11 is 0. The van der Waals surface area contributed by atoms with Crippen LogP contribution in [0, 0.1) is 28.6 Å². The minimum atomic E-state index is -0.221. The first kappa shape index (κ1) is 33.1. The van der Waals surface area contributed by atoms with Crippen molar-refractivity contribution in [2.45, 2.75) is 103 Å². The van der Waals surface area contributed by atoms with Crippen LogP contribution >= 0.6 is 0 Å². The first-order chi connectivity index (χ1) is 22.4. The molecule has 256 valence electrons. The van der Waals surface area contributed by atoms with E-state index in [-0.39, 0.29) is 11.0 Å². The van der Waals surface area contributed by atoms with Crippen LogP contribution in [0.2, 0.25) is 0 Å². The normalized spacial score (nSPS) is 37.9. The van der Waals surface area contributed by atoms with Crippen molar-refractivity contribution in [2.75, 3.05) is 72.8 Å². The molecule has 6 heteroatoms. The van der Waals surface area contributed by atoms with Gasteiger partial charge < -0.3 is 28.7 Å². The van der Waals surface area contributed by atoms with E-state index in [0.717, 1.165) is 69.9 Å². The summed E-state index contributed by atoms with van der Waals surface area (Å²) in [5.74, 6) is 3.15. The molecular formula is C40H62N2O4. The lowest BCUT2D eigenvalue weighted by atomic mass is 9.46. The van der Waals surface area contributed by atoms with Crippen molar-refractivity contribution >= 4 is 0 Å². The highest BCUT2D eigenvalue weighted by atomic mass is 16.5. The maximum atomic E-state index is 7.27. The average molecular weight is 635 g/mol. The molecule has 1 aromatic carbocycles. The highest BCUT2D eigenvalue weighted by Gasteiger charge is 2.65. The third-order valence-corrected chi connectivity index (χ3v) is 14.0. The summed E-state index contributed by atoms with van der Waals surface area (Å²) in [6, 6.07) is 8.94. The van der Waals surface area contributed by atoms with Gasteiger partial charge in [0.05, 0.1) is 45.2 Å². The highest BCUT2D eigenvalue weighted by Crippen LogP contribution is 2.70. The fourth-order valence-corrected chi connectivity index (χ4v) is 11.4. The fourth-order valence-electron chi connectivity index (χ4n) is 11.4. The summed E-state index contributed by atoms with van der Waals surface area (Å²) < 4.78 is 25.2. The van der Waals surface area contributed by atoms with E-state index in [1.54, 1.807) is 12.7 Å². The van der Waals surface area contributed by atoms with E-state index in [1.807, 2.05) is 0 Å². The third-order valence-electron chi connectivity index (χ3n) is 14.0. The van der Waals surface area contributed by atoms with E-state index >= 15 is 0 Å². The van der Waals surface area contributed by atoms with Crippen LogP contribution in [-0.4, -0.2) is 88.7 Å². The van der Waals surface area contributed by atoms with E-state index in [2.05, 4.69) is 54.0 Å². The zero-order valence-electron chi connectivity index (χ0n) is 29.3. The molecule has 6 nitrogen and oxygen atoms in total. The number of nitrogens with zero attached hydrogens (tertiary/aromatic N) is 2. The minimum absolute atomic E-state index is 0.143. The zero-order valence-corrected chi connectivity index (χ0v) is 29.3. The highest BCUT2D eigenvalue weighted by molar-refractivity contribution is 5.36. The van der Waals surface area contributed by atoms with E-state index < -0.39 is 0 Å². The van der Waals surface area contributed by atoms with Gasteiger partial charge in [-0.2, -0.15) is 0 Å². The van der Waals surface area contributed by atoms with Gasteiger partial charge in [0, 0.05) is 18.5 Å². The van der Waals surface area contributed by atoms with E-state index in [4.69, 9.17) is 18.9 Å². The molecule has 2 heterocycles. The molecule has 0 aromatic heterocycles. The van der Waals surface area contributed by atoms with Crippen LogP contribution in [-0.2, 0) is 19.8 Å². The molecule has 2 aliphatic heterocycles. The van der Waals surface area contributed by atoms with Crippen molar-refractivity contribution in [2.24, 2.45) is 28.6 Å². The van der Waals surface area contributed by atoms with Crippen LogP contribution in [0.15, 0.2) is 35.9 Å². The van der Waals surface area contributed by atoms with Gasteiger partial charge in [0.2, 0.25) is 0 Å². The Hall–Kier alpha value is -1.44. The van der Waals surface area contributed by atoms with Gasteiger partial charge in [-0.05, 0) is 144 Å². The van der Waals surface area contributed by atoms with Gasteiger partial charge in [0.25, 0.3) is 0 Å². The minimum Gasteiger partial charge on any atom is -0.497 e. The molecule has 4 aliphatic carbocycles. The number of hydrogen-bond donors (Lipinski definition) is 0. The van der Waals surface area contributed by atoms with E-state index in [1.165, 1.54) is 96.0 Å². The Morgan fingerprint density at radius 2 is 1.46 bits per heavy atom. The summed E-state index contributed by atoms with van der Waals surface area (Å²) in [6.45, 7) is 15.4. The Balaban J connectivity index is 1.01. The molecule has 2 saturated heterocycles. The Morgan fingerprint density at radius 3 is 2.17 bits per heavy atom. The largest absolute Gasteiger partial charge is 0.497 e. The monoisotopic (exact) mass is 634 g/mol. The predicted molar refractivity (Wildman–Crippen MR) is 184 cm³/mol. The molecule has 0 radical (unpaired) electrons. The Labute approximate surface area is 279 Å². The van der Waals surface area contributed by atoms with Crippen molar-refractivity contribution < 1.29 is 18.9 Å². The summed E-state index contributed by atoms with van der Waals surface area (Å²) in [4.78, 5) is 5.12. The number of ether oxygens (including phenoxy) is 4. The van der Waals surface area contributed by atoms with Gasteiger partial charge >= 0.3 is 0 Å². The molecule has 7 rings (SSSR count). The van der Waals surface area contributed by atoms with Crippen molar-refractivity contribution in [3.05, 3.63) is 41.5 Å². The number of methoxy groups -OCH3 is 1. The molecule has 0 spiro atoms. The Morgan fingerprint density at radius 1 is 0.761 bits per heavy atom. The molecule has 3 saturated carbocycles. The average Bonchev–Trinajstić information content (AvgIpc) is 3.85. The Kier molecular flexibility index (Phi) is 10.2. The van der Waals surface area contributed by atoms with Crippen LogP contribution in [0.5, 0.6) is 5.75 Å². The van der Waals surface area contributed by atoms with Crippen molar-refractivity contribution in [1.29, 1.82) is 0 Å². The second-order valence-electron chi connectivity index (χ2n) is 16.1. The number of fused-ring (bicyclic) bond motifs is 5. The van der Waals surface area contributed by atoms with Crippen LogP contribution in [0.3, 0.4) is 0 Å². The molecule has 0 N–H and O–H groups in total. The molecule has 1 aromatic rings. The lowest BCUT2D eigenvalue weighted by Gasteiger charge is -2.59. The van der Waals surface area contributed by atoms with Crippen LogP contribution < -0.4 is 4.74 Å². The fraction of sp³-hybridized carbons (Fsp3) is 0.800. The molecular weight excluding hydrogens is 572 g/mol. The first-order valence-corrected chi connectivity index (χ1v) is 19.1. The topological polar surface area (TPSA) is 43.4 Å². The van der Waals surface area contributed by atoms with E-state index in [9.17, 15) is 0 Å². The second-order valence-corrected chi connectivity index (χ2v) is 16.1. The van der Waals surface area contributed by atoms with Crippen LogP contribution in [0.4, 0.5) is 0 Å². The molecule has 46 heavy (non-hydrogen) atoms. The van der Waals surface area contributed by atoms with Gasteiger partial charge in [-0.1, -0.05) is 37.6 Å². The maximum Gasteiger partial charge on any atom is 0.118 e. The lowest BCUT2D eigenvalue weighted by molar-refractivity contribution is -0.165. The van der Waals surface area contributed by atoms with Crippen molar-refractivity contribution in [3.63, 3.8) is 0 Å². The van der Waals surface area contributed by atoms with Crippen LogP contribution in [0.25, 0.3) is 0 Å². The summed E-state index contributed by atoms with van der Waals surface area (Å²) in [5.41, 5.74) is 3.31. The van der Waals surface area contributed by atoms with E-state index in [0.29, 0.717) is 17.4 Å². The summed E-state index contributed by atoms with van der Waals surface area (Å²) in [6.07, 6.45) is 18.2. The molecule has 5 fully saturated rings.